The van der Waals surface area contributed by atoms with Crippen molar-refractivity contribution in [2.24, 2.45) is 0 Å². The van der Waals surface area contributed by atoms with E-state index in [0.29, 0.717) is 11.8 Å². The molecule has 0 aliphatic rings. The smallest absolute Gasteiger partial charge is 0.150 e. The molecule has 0 atom stereocenters. The number of phenols is 1. The molecule has 1 aromatic carbocycles. The maximum Gasteiger partial charge on any atom is 0.150 e. The van der Waals surface area contributed by atoms with Gasteiger partial charge in [-0.2, -0.15) is 0 Å². The third kappa shape index (κ3) is 1.85. The van der Waals surface area contributed by atoms with Crippen LogP contribution in [0.1, 0.15) is 21.5 Å². The normalized spacial score (nSPS) is 10.0. The van der Waals surface area contributed by atoms with E-state index in [2.05, 4.69) is 0 Å². The Bertz CT molecular complexity index is 320. The van der Waals surface area contributed by atoms with Crippen molar-refractivity contribution in [3.8, 4) is 5.75 Å². The van der Waals surface area contributed by atoms with Gasteiger partial charge >= 0.3 is 0 Å². The molecule has 0 radical (unpaired) electrons. The standard InChI is InChI=1S/C9H10O4/c10-3-6-1-7(4-11)8(5-12)9(13)2-6/h1-3,11-13H,4-5H2. The first-order valence-electron chi connectivity index (χ1n) is 3.74. The largest absolute Gasteiger partial charge is 0.508 e. The van der Waals surface area contributed by atoms with Gasteiger partial charge in [0.05, 0.1) is 13.2 Å². The van der Waals surface area contributed by atoms with E-state index in [1.54, 1.807) is 0 Å². The topological polar surface area (TPSA) is 77.8 Å². The molecule has 0 aliphatic carbocycles. The van der Waals surface area contributed by atoms with Crippen molar-refractivity contribution in [2.75, 3.05) is 0 Å². The average Bonchev–Trinajstić information content (AvgIpc) is 2.16. The Morgan fingerprint density at radius 2 is 1.92 bits per heavy atom. The van der Waals surface area contributed by atoms with Gasteiger partial charge in [0.1, 0.15) is 12.0 Å². The van der Waals surface area contributed by atoms with Gasteiger partial charge in [0, 0.05) is 11.1 Å². The van der Waals surface area contributed by atoms with Crippen LogP contribution in [-0.4, -0.2) is 21.6 Å². The van der Waals surface area contributed by atoms with Crippen LogP contribution in [0.25, 0.3) is 0 Å². The Morgan fingerprint density at radius 1 is 1.23 bits per heavy atom. The molecule has 0 aliphatic heterocycles. The third-order valence-corrected chi connectivity index (χ3v) is 1.81. The molecular weight excluding hydrogens is 172 g/mol. The van der Waals surface area contributed by atoms with E-state index in [1.165, 1.54) is 12.1 Å². The predicted molar refractivity (Wildman–Crippen MR) is 45.3 cm³/mol. The number of carbonyl (C=O) groups is 1. The van der Waals surface area contributed by atoms with Gasteiger partial charge in [-0.05, 0) is 17.7 Å². The molecule has 0 saturated carbocycles. The Labute approximate surface area is 75.1 Å². The number of aliphatic hydroxyl groups is 2. The lowest BCUT2D eigenvalue weighted by atomic mass is 10.0. The second-order valence-electron chi connectivity index (χ2n) is 2.61. The zero-order valence-corrected chi connectivity index (χ0v) is 6.90. The lowest BCUT2D eigenvalue weighted by Gasteiger charge is -2.07. The highest BCUT2D eigenvalue weighted by Crippen LogP contribution is 2.23. The Hall–Kier alpha value is -1.39. The van der Waals surface area contributed by atoms with Crippen LogP contribution in [0, 0.1) is 0 Å². The number of carbonyl (C=O) groups excluding carboxylic acids is 1. The highest BCUT2D eigenvalue weighted by molar-refractivity contribution is 5.76. The summed E-state index contributed by atoms with van der Waals surface area (Å²) in [4.78, 5) is 10.4. The van der Waals surface area contributed by atoms with E-state index in [0.717, 1.165) is 0 Å². The van der Waals surface area contributed by atoms with Crippen molar-refractivity contribution >= 4 is 6.29 Å². The van der Waals surface area contributed by atoms with Gasteiger partial charge in [-0.15, -0.1) is 0 Å². The van der Waals surface area contributed by atoms with E-state index in [-0.39, 0.29) is 30.1 Å². The summed E-state index contributed by atoms with van der Waals surface area (Å²) >= 11 is 0. The van der Waals surface area contributed by atoms with Crippen molar-refractivity contribution in [1.29, 1.82) is 0 Å². The van der Waals surface area contributed by atoms with Crippen LogP contribution in [-0.2, 0) is 13.2 Å². The molecule has 4 nitrogen and oxygen atoms in total. The van der Waals surface area contributed by atoms with Gasteiger partial charge in [0.15, 0.2) is 0 Å². The van der Waals surface area contributed by atoms with E-state index in [9.17, 15) is 9.90 Å². The minimum atomic E-state index is -0.360. The summed E-state index contributed by atoms with van der Waals surface area (Å²) in [5.41, 5.74) is 0.899. The van der Waals surface area contributed by atoms with Crippen LogP contribution < -0.4 is 0 Å². The molecule has 13 heavy (non-hydrogen) atoms. The molecule has 0 heterocycles. The average molecular weight is 182 g/mol. The maximum atomic E-state index is 10.4. The quantitative estimate of drug-likeness (QED) is 0.583. The van der Waals surface area contributed by atoms with E-state index in [1.807, 2.05) is 0 Å². The van der Waals surface area contributed by atoms with E-state index in [4.69, 9.17) is 10.2 Å². The minimum absolute atomic E-state index is 0.170. The van der Waals surface area contributed by atoms with Crippen LogP contribution in [0.5, 0.6) is 5.75 Å². The minimum Gasteiger partial charge on any atom is -0.508 e. The fourth-order valence-electron chi connectivity index (χ4n) is 1.13. The number of aliphatic hydroxyl groups excluding tert-OH is 2. The van der Waals surface area contributed by atoms with Gasteiger partial charge in [-0.25, -0.2) is 0 Å². The first kappa shape index (κ1) is 9.70. The number of aldehydes is 1. The molecule has 4 heteroatoms. The molecular formula is C9H10O4. The summed E-state index contributed by atoms with van der Waals surface area (Å²) in [6, 6.07) is 2.68. The monoisotopic (exact) mass is 182 g/mol. The van der Waals surface area contributed by atoms with Gasteiger partial charge < -0.3 is 15.3 Å². The van der Waals surface area contributed by atoms with Gasteiger partial charge in [-0.1, -0.05) is 0 Å². The van der Waals surface area contributed by atoms with Crippen molar-refractivity contribution in [3.05, 3.63) is 28.8 Å². The number of rotatable bonds is 3. The van der Waals surface area contributed by atoms with Crippen molar-refractivity contribution in [2.45, 2.75) is 13.2 Å². The lowest BCUT2D eigenvalue weighted by Crippen LogP contribution is -1.96. The van der Waals surface area contributed by atoms with Crippen LogP contribution in [0.4, 0.5) is 0 Å². The number of hydrogen-bond donors (Lipinski definition) is 3. The molecule has 0 aromatic heterocycles. The summed E-state index contributed by atoms with van der Waals surface area (Å²) in [6.07, 6.45) is 0.569. The fourth-order valence-corrected chi connectivity index (χ4v) is 1.13. The van der Waals surface area contributed by atoms with Gasteiger partial charge in [0.25, 0.3) is 0 Å². The van der Waals surface area contributed by atoms with Crippen LogP contribution in [0.15, 0.2) is 12.1 Å². The van der Waals surface area contributed by atoms with Gasteiger partial charge in [-0.3, -0.25) is 4.79 Å². The molecule has 0 amide bonds. The summed E-state index contributed by atoms with van der Waals surface area (Å²) in [5.74, 6) is -0.170. The van der Waals surface area contributed by atoms with Crippen LogP contribution >= 0.6 is 0 Å². The molecule has 0 spiro atoms. The Kier molecular flexibility index (Phi) is 3.00. The first-order chi connectivity index (χ1) is 6.22. The summed E-state index contributed by atoms with van der Waals surface area (Å²) in [5, 5.41) is 27.0. The summed E-state index contributed by atoms with van der Waals surface area (Å²) in [7, 11) is 0. The fraction of sp³-hybridized carbons (Fsp3) is 0.222. The second kappa shape index (κ2) is 4.02. The van der Waals surface area contributed by atoms with Gasteiger partial charge in [0.2, 0.25) is 0 Å². The highest BCUT2D eigenvalue weighted by atomic mass is 16.3. The second-order valence-corrected chi connectivity index (χ2v) is 2.61. The zero-order valence-electron chi connectivity index (χ0n) is 6.90. The maximum absolute atomic E-state index is 10.4. The number of benzene rings is 1. The summed E-state index contributed by atoms with van der Waals surface area (Å²) in [6.45, 7) is -0.675. The SMILES string of the molecule is O=Cc1cc(O)c(CO)c(CO)c1. The Balaban J connectivity index is 3.28. The van der Waals surface area contributed by atoms with Crippen molar-refractivity contribution in [1.82, 2.24) is 0 Å². The molecule has 1 rings (SSSR count). The number of aromatic hydroxyl groups is 1. The van der Waals surface area contributed by atoms with Crippen LogP contribution in [0.2, 0.25) is 0 Å². The third-order valence-electron chi connectivity index (χ3n) is 1.81. The zero-order chi connectivity index (χ0) is 9.84. The molecule has 3 N–H and O–H groups in total. The first-order valence-corrected chi connectivity index (χ1v) is 3.74. The molecule has 0 bridgehead atoms. The molecule has 0 fully saturated rings. The van der Waals surface area contributed by atoms with Crippen LogP contribution in [0.3, 0.4) is 0 Å². The van der Waals surface area contributed by atoms with E-state index >= 15 is 0 Å². The molecule has 0 unspecified atom stereocenters. The predicted octanol–water partition coefficient (Wildman–Crippen LogP) is 0.189. The highest BCUT2D eigenvalue weighted by Gasteiger charge is 2.08. The molecule has 1 aromatic rings. The van der Waals surface area contributed by atoms with Crippen molar-refractivity contribution in [3.63, 3.8) is 0 Å². The summed E-state index contributed by atoms with van der Waals surface area (Å²) < 4.78 is 0. The van der Waals surface area contributed by atoms with Crippen molar-refractivity contribution < 1.29 is 20.1 Å². The van der Waals surface area contributed by atoms with E-state index < -0.39 is 0 Å². The lowest BCUT2D eigenvalue weighted by molar-refractivity contribution is 0.112. The Morgan fingerprint density at radius 3 is 2.38 bits per heavy atom. The molecule has 0 saturated heterocycles. The molecule has 70 valence electrons. The number of hydrogen-bond acceptors (Lipinski definition) is 4.